The van der Waals surface area contributed by atoms with E-state index >= 15 is 0 Å². The van der Waals surface area contributed by atoms with Crippen molar-refractivity contribution in [2.75, 3.05) is 6.61 Å². The first-order valence-electron chi connectivity index (χ1n) is 10.0. The second-order valence-corrected chi connectivity index (χ2v) is 8.86. The van der Waals surface area contributed by atoms with Crippen molar-refractivity contribution in [3.63, 3.8) is 0 Å². The SMILES string of the molecule is CCCCCCOc1ccc(-c2nc3sc(=Cc4ccccc4Br)c(=O)n3n2)cc1. The lowest BCUT2D eigenvalue weighted by Gasteiger charge is -2.06. The normalized spacial score (nSPS) is 12.0. The van der Waals surface area contributed by atoms with E-state index in [0.29, 0.717) is 15.3 Å². The summed E-state index contributed by atoms with van der Waals surface area (Å²) in [5.74, 6) is 1.38. The number of fused-ring (bicyclic) bond motifs is 1. The Bertz CT molecular complexity index is 1250. The summed E-state index contributed by atoms with van der Waals surface area (Å²) in [6, 6.07) is 15.5. The van der Waals surface area contributed by atoms with Gasteiger partial charge in [0, 0.05) is 10.0 Å². The quantitative estimate of drug-likeness (QED) is 0.327. The lowest BCUT2D eigenvalue weighted by molar-refractivity contribution is 0.305. The molecule has 2 heterocycles. The lowest BCUT2D eigenvalue weighted by atomic mass is 10.2. The van der Waals surface area contributed by atoms with Gasteiger partial charge in [-0.3, -0.25) is 4.79 Å². The molecule has 4 aromatic rings. The number of thiazole rings is 1. The van der Waals surface area contributed by atoms with Crippen molar-refractivity contribution in [1.29, 1.82) is 0 Å². The van der Waals surface area contributed by atoms with Gasteiger partial charge in [-0.1, -0.05) is 71.7 Å². The number of rotatable bonds is 8. The van der Waals surface area contributed by atoms with E-state index in [1.807, 2.05) is 54.6 Å². The standard InChI is InChI=1S/C23H22BrN3O2S/c1-2-3-4-7-14-29-18-12-10-16(11-13-18)21-25-23-27(26-21)22(28)20(30-23)15-17-8-5-6-9-19(17)24/h5-6,8-13,15H,2-4,7,14H2,1H3. The van der Waals surface area contributed by atoms with Crippen LogP contribution in [-0.2, 0) is 0 Å². The molecule has 0 aliphatic heterocycles. The number of aromatic nitrogens is 3. The van der Waals surface area contributed by atoms with Crippen molar-refractivity contribution in [3.8, 4) is 17.1 Å². The van der Waals surface area contributed by atoms with Crippen LogP contribution in [0.4, 0.5) is 0 Å². The molecule has 0 fully saturated rings. The fourth-order valence-electron chi connectivity index (χ4n) is 3.11. The Morgan fingerprint density at radius 1 is 1.10 bits per heavy atom. The van der Waals surface area contributed by atoms with Gasteiger partial charge in [0.05, 0.1) is 11.1 Å². The maximum absolute atomic E-state index is 12.7. The minimum atomic E-state index is -0.156. The number of ether oxygens (including phenoxy) is 1. The van der Waals surface area contributed by atoms with Gasteiger partial charge in [-0.2, -0.15) is 9.50 Å². The summed E-state index contributed by atoms with van der Waals surface area (Å²) >= 11 is 4.85. The number of nitrogens with zero attached hydrogens (tertiary/aromatic N) is 3. The summed E-state index contributed by atoms with van der Waals surface area (Å²) in [6.45, 7) is 2.93. The molecule has 30 heavy (non-hydrogen) atoms. The molecule has 2 aromatic heterocycles. The van der Waals surface area contributed by atoms with E-state index in [1.54, 1.807) is 0 Å². The molecule has 0 aliphatic carbocycles. The fraction of sp³-hybridized carbons (Fsp3) is 0.261. The number of unbranched alkanes of at least 4 members (excludes halogenated alkanes) is 3. The molecule has 0 amide bonds. The van der Waals surface area contributed by atoms with Crippen LogP contribution in [0.5, 0.6) is 5.75 Å². The minimum Gasteiger partial charge on any atom is -0.494 e. The van der Waals surface area contributed by atoms with Gasteiger partial charge >= 0.3 is 0 Å². The van der Waals surface area contributed by atoms with Gasteiger partial charge in [-0.05, 0) is 48.4 Å². The summed E-state index contributed by atoms with van der Waals surface area (Å²) in [5.41, 5.74) is 1.65. The highest BCUT2D eigenvalue weighted by Gasteiger charge is 2.12. The zero-order valence-electron chi connectivity index (χ0n) is 16.7. The molecular weight excluding hydrogens is 462 g/mol. The largest absolute Gasteiger partial charge is 0.494 e. The summed E-state index contributed by atoms with van der Waals surface area (Å²) in [4.78, 5) is 17.9. The van der Waals surface area contributed by atoms with Crippen LogP contribution >= 0.6 is 27.3 Å². The van der Waals surface area contributed by atoms with Crippen LogP contribution < -0.4 is 14.8 Å². The number of hydrogen-bond acceptors (Lipinski definition) is 5. The third-order valence-corrected chi connectivity index (χ3v) is 6.43. The first kappa shape index (κ1) is 20.8. The van der Waals surface area contributed by atoms with Crippen LogP contribution in [0.25, 0.3) is 22.4 Å². The molecule has 0 aliphatic rings. The second kappa shape index (κ2) is 9.53. The Hall–Kier alpha value is -2.51. The monoisotopic (exact) mass is 483 g/mol. The van der Waals surface area contributed by atoms with E-state index in [2.05, 4.69) is 32.9 Å². The molecule has 0 atom stereocenters. The molecule has 2 aromatic carbocycles. The van der Waals surface area contributed by atoms with Gasteiger partial charge in [-0.15, -0.1) is 5.10 Å². The zero-order chi connectivity index (χ0) is 20.9. The highest BCUT2D eigenvalue weighted by molar-refractivity contribution is 9.10. The summed E-state index contributed by atoms with van der Waals surface area (Å²) < 4.78 is 8.71. The third-order valence-electron chi connectivity index (χ3n) is 4.75. The molecule has 4 rings (SSSR count). The second-order valence-electron chi connectivity index (χ2n) is 7.00. The van der Waals surface area contributed by atoms with E-state index in [4.69, 9.17) is 4.74 Å². The van der Waals surface area contributed by atoms with Gasteiger partial charge in [0.15, 0.2) is 5.82 Å². The molecule has 0 unspecified atom stereocenters. The van der Waals surface area contributed by atoms with Gasteiger partial charge in [-0.25, -0.2) is 0 Å². The molecule has 0 bridgehead atoms. The number of benzene rings is 2. The summed E-state index contributed by atoms with van der Waals surface area (Å²) in [6.07, 6.45) is 6.59. The van der Waals surface area contributed by atoms with Crippen LogP contribution in [0.1, 0.15) is 38.2 Å². The maximum Gasteiger partial charge on any atom is 0.291 e. The van der Waals surface area contributed by atoms with Crippen LogP contribution in [0.2, 0.25) is 0 Å². The third kappa shape index (κ3) is 4.63. The first-order chi connectivity index (χ1) is 14.7. The minimum absolute atomic E-state index is 0.156. The Morgan fingerprint density at radius 3 is 2.63 bits per heavy atom. The smallest absolute Gasteiger partial charge is 0.291 e. The van der Waals surface area contributed by atoms with Gasteiger partial charge in [0.25, 0.3) is 5.56 Å². The molecule has 5 nitrogen and oxygen atoms in total. The molecule has 0 N–H and O–H groups in total. The topological polar surface area (TPSA) is 56.5 Å². The van der Waals surface area contributed by atoms with Crippen LogP contribution in [0, 0.1) is 0 Å². The average molecular weight is 484 g/mol. The van der Waals surface area contributed by atoms with Crippen molar-refractivity contribution >= 4 is 38.3 Å². The molecule has 0 saturated carbocycles. The van der Waals surface area contributed by atoms with Gasteiger partial charge < -0.3 is 4.74 Å². The molecule has 0 spiro atoms. The van der Waals surface area contributed by atoms with Gasteiger partial charge in [0.1, 0.15) is 5.75 Å². The molecule has 0 saturated heterocycles. The van der Waals surface area contributed by atoms with Crippen LogP contribution in [0.15, 0.2) is 57.8 Å². The first-order valence-corrected chi connectivity index (χ1v) is 11.7. The Morgan fingerprint density at radius 2 is 1.90 bits per heavy atom. The Labute approximate surface area is 187 Å². The van der Waals surface area contributed by atoms with Crippen LogP contribution in [-0.4, -0.2) is 21.2 Å². The fourth-order valence-corrected chi connectivity index (χ4v) is 4.41. The van der Waals surface area contributed by atoms with E-state index in [0.717, 1.165) is 34.4 Å². The Kier molecular flexibility index (Phi) is 6.59. The average Bonchev–Trinajstić information content (AvgIpc) is 3.30. The van der Waals surface area contributed by atoms with Crippen molar-refractivity contribution in [2.24, 2.45) is 0 Å². The van der Waals surface area contributed by atoms with Crippen molar-refractivity contribution < 1.29 is 4.74 Å². The van der Waals surface area contributed by atoms with E-state index in [-0.39, 0.29) is 5.56 Å². The van der Waals surface area contributed by atoms with Crippen molar-refractivity contribution in [3.05, 3.63) is 73.5 Å². The summed E-state index contributed by atoms with van der Waals surface area (Å²) in [7, 11) is 0. The predicted molar refractivity (Wildman–Crippen MR) is 125 cm³/mol. The molecule has 7 heteroatoms. The highest BCUT2D eigenvalue weighted by Crippen LogP contribution is 2.21. The number of hydrogen-bond donors (Lipinski definition) is 0. The van der Waals surface area contributed by atoms with Crippen molar-refractivity contribution in [2.45, 2.75) is 32.6 Å². The maximum atomic E-state index is 12.7. The van der Waals surface area contributed by atoms with E-state index < -0.39 is 0 Å². The molecular formula is C23H22BrN3O2S. The van der Waals surface area contributed by atoms with Crippen LogP contribution in [0.3, 0.4) is 0 Å². The van der Waals surface area contributed by atoms with E-state index in [1.165, 1.54) is 35.1 Å². The zero-order valence-corrected chi connectivity index (χ0v) is 19.1. The Balaban J connectivity index is 1.52. The number of halogens is 1. The predicted octanol–water partition coefficient (Wildman–Crippen LogP) is 5.09. The lowest BCUT2D eigenvalue weighted by Crippen LogP contribution is -2.23. The summed E-state index contributed by atoms with van der Waals surface area (Å²) in [5, 5.41) is 4.42. The molecule has 154 valence electrons. The van der Waals surface area contributed by atoms with E-state index in [9.17, 15) is 4.79 Å². The highest BCUT2D eigenvalue weighted by atomic mass is 79.9. The van der Waals surface area contributed by atoms with Crippen molar-refractivity contribution in [1.82, 2.24) is 14.6 Å². The molecule has 0 radical (unpaired) electrons. The van der Waals surface area contributed by atoms with Gasteiger partial charge in [0.2, 0.25) is 4.96 Å².